The number of hydrogen-bond acceptors (Lipinski definition) is 4. The van der Waals surface area contributed by atoms with Crippen molar-refractivity contribution in [2.45, 2.75) is 12.8 Å². The van der Waals surface area contributed by atoms with Crippen LogP contribution in [0.1, 0.15) is 31.6 Å². The molecule has 0 saturated heterocycles. The number of aryl methyl sites for hydroxylation is 1. The van der Waals surface area contributed by atoms with Crippen LogP contribution in [0.15, 0.2) is 60.8 Å². The Balaban J connectivity index is 1.75. The molecule has 0 bridgehead atoms. The largest absolute Gasteiger partial charge is 0.493 e. The van der Waals surface area contributed by atoms with Crippen LogP contribution in [-0.4, -0.2) is 31.7 Å². The first-order valence-electron chi connectivity index (χ1n) is 9.74. The van der Waals surface area contributed by atoms with Gasteiger partial charge in [0, 0.05) is 40.0 Å². The van der Waals surface area contributed by atoms with Crippen molar-refractivity contribution < 1.29 is 14.3 Å². The van der Waals surface area contributed by atoms with Crippen LogP contribution in [0.3, 0.4) is 0 Å². The normalized spacial score (nSPS) is 12.0. The van der Waals surface area contributed by atoms with Gasteiger partial charge in [-0.2, -0.15) is 0 Å². The number of fused-ring (bicyclic) bond motifs is 1. The van der Waals surface area contributed by atoms with E-state index in [0.29, 0.717) is 22.9 Å². The van der Waals surface area contributed by atoms with Crippen molar-refractivity contribution in [2.24, 2.45) is 0 Å². The number of nitrogens with one attached hydrogen (secondary N) is 2. The van der Waals surface area contributed by atoms with Crippen molar-refractivity contribution in [2.75, 3.05) is 20.8 Å². The summed E-state index contributed by atoms with van der Waals surface area (Å²) in [6, 6.07) is 17.8. The van der Waals surface area contributed by atoms with Crippen LogP contribution in [0.5, 0.6) is 11.5 Å². The highest BCUT2D eigenvalue weighted by molar-refractivity contribution is 7.13. The first-order valence-corrected chi connectivity index (χ1v) is 10.6. The highest BCUT2D eigenvalue weighted by Crippen LogP contribution is 2.40. The minimum absolute atomic E-state index is 0.0696. The van der Waals surface area contributed by atoms with E-state index >= 15 is 0 Å². The standard InChI is InChI=1S/C24H24N2O3S/c1-15-11-12-22(30-15)24(27)26-14-19(17-8-6-10-21(28-2)23(17)29-3)18-13-25-20-9-5-4-7-16(18)20/h4-13,19,25H,14H2,1-3H3,(H,26,27). The van der Waals surface area contributed by atoms with Gasteiger partial charge >= 0.3 is 0 Å². The van der Waals surface area contributed by atoms with E-state index in [-0.39, 0.29) is 11.8 Å². The summed E-state index contributed by atoms with van der Waals surface area (Å²) in [5.41, 5.74) is 3.11. The summed E-state index contributed by atoms with van der Waals surface area (Å²) in [7, 11) is 3.27. The zero-order valence-corrected chi connectivity index (χ0v) is 18.0. The molecule has 5 nitrogen and oxygen atoms in total. The van der Waals surface area contributed by atoms with Gasteiger partial charge in [-0.1, -0.05) is 30.3 Å². The highest BCUT2D eigenvalue weighted by Gasteiger charge is 2.24. The van der Waals surface area contributed by atoms with Crippen molar-refractivity contribution in [1.82, 2.24) is 10.3 Å². The van der Waals surface area contributed by atoms with E-state index in [9.17, 15) is 4.79 Å². The molecule has 2 aromatic carbocycles. The number of H-pyrrole nitrogens is 1. The Morgan fingerprint density at radius 1 is 1.03 bits per heavy atom. The maximum atomic E-state index is 12.7. The Hall–Kier alpha value is -3.25. The number of carbonyl (C=O) groups is 1. The van der Waals surface area contributed by atoms with Gasteiger partial charge < -0.3 is 19.8 Å². The van der Waals surface area contributed by atoms with Gasteiger partial charge in [0.25, 0.3) is 5.91 Å². The first-order chi connectivity index (χ1) is 14.6. The number of ether oxygens (including phenoxy) is 2. The van der Waals surface area contributed by atoms with Gasteiger partial charge in [-0.15, -0.1) is 11.3 Å². The van der Waals surface area contributed by atoms with Crippen LogP contribution in [0.25, 0.3) is 10.9 Å². The van der Waals surface area contributed by atoms with Crippen molar-refractivity contribution in [3.63, 3.8) is 0 Å². The first kappa shape index (κ1) is 20.0. The minimum atomic E-state index is -0.115. The molecule has 30 heavy (non-hydrogen) atoms. The number of para-hydroxylation sites is 2. The molecule has 2 aromatic heterocycles. The summed E-state index contributed by atoms with van der Waals surface area (Å²) in [4.78, 5) is 17.9. The third-order valence-electron chi connectivity index (χ3n) is 5.24. The SMILES string of the molecule is COc1cccc(C(CNC(=O)c2ccc(C)s2)c2c[nH]c3ccccc23)c1OC. The van der Waals surface area contributed by atoms with Gasteiger partial charge in [-0.25, -0.2) is 0 Å². The Morgan fingerprint density at radius 2 is 1.87 bits per heavy atom. The lowest BCUT2D eigenvalue weighted by Crippen LogP contribution is -2.28. The maximum Gasteiger partial charge on any atom is 0.261 e. The Kier molecular flexibility index (Phi) is 5.77. The smallest absolute Gasteiger partial charge is 0.261 e. The number of carbonyl (C=O) groups excluding carboxylic acids is 1. The second kappa shape index (κ2) is 8.63. The molecule has 1 atom stereocenters. The summed E-state index contributed by atoms with van der Waals surface area (Å²) in [6.07, 6.45) is 2.01. The zero-order valence-electron chi connectivity index (χ0n) is 17.2. The third-order valence-corrected chi connectivity index (χ3v) is 6.24. The molecule has 0 aliphatic carbocycles. The Labute approximate surface area is 179 Å². The average molecular weight is 421 g/mol. The molecule has 2 N–H and O–H groups in total. The van der Waals surface area contributed by atoms with Gasteiger partial charge in [0.1, 0.15) is 0 Å². The van der Waals surface area contributed by atoms with E-state index in [2.05, 4.69) is 16.4 Å². The van der Waals surface area contributed by atoms with Gasteiger partial charge in [0.2, 0.25) is 0 Å². The van der Waals surface area contributed by atoms with E-state index in [4.69, 9.17) is 9.47 Å². The number of aromatic amines is 1. The fraction of sp³-hybridized carbons (Fsp3) is 0.208. The van der Waals surface area contributed by atoms with Crippen LogP contribution in [0.4, 0.5) is 0 Å². The average Bonchev–Trinajstić information content (AvgIpc) is 3.40. The number of benzene rings is 2. The van der Waals surface area contributed by atoms with Crippen molar-refractivity contribution in [3.05, 3.63) is 81.7 Å². The monoisotopic (exact) mass is 420 g/mol. The molecule has 1 amide bonds. The Bertz CT molecular complexity index is 1180. The molecule has 0 aliphatic heterocycles. The van der Waals surface area contributed by atoms with E-state index in [1.54, 1.807) is 14.2 Å². The number of methoxy groups -OCH3 is 2. The van der Waals surface area contributed by atoms with Gasteiger partial charge in [-0.05, 0) is 36.8 Å². The number of aromatic nitrogens is 1. The van der Waals surface area contributed by atoms with Crippen LogP contribution in [-0.2, 0) is 0 Å². The number of thiophene rings is 1. The maximum absolute atomic E-state index is 12.7. The predicted molar refractivity (Wildman–Crippen MR) is 121 cm³/mol. The van der Waals surface area contributed by atoms with Crippen LogP contribution in [0, 0.1) is 6.92 Å². The summed E-state index contributed by atoms with van der Waals surface area (Å²) < 4.78 is 11.2. The van der Waals surface area contributed by atoms with Crippen molar-refractivity contribution in [1.29, 1.82) is 0 Å². The number of rotatable bonds is 7. The van der Waals surface area contributed by atoms with E-state index in [1.807, 2.05) is 61.7 Å². The molecule has 4 rings (SSSR count). The number of hydrogen-bond donors (Lipinski definition) is 2. The summed E-state index contributed by atoms with van der Waals surface area (Å²) in [6.45, 7) is 2.43. The Morgan fingerprint density at radius 3 is 2.60 bits per heavy atom. The quantitative estimate of drug-likeness (QED) is 0.436. The second-order valence-corrected chi connectivity index (χ2v) is 8.33. The van der Waals surface area contributed by atoms with Gasteiger partial charge in [-0.3, -0.25) is 4.79 Å². The summed E-state index contributed by atoms with van der Waals surface area (Å²) in [5.74, 6) is 1.16. The lowest BCUT2D eigenvalue weighted by Gasteiger charge is -2.22. The minimum Gasteiger partial charge on any atom is -0.493 e. The third kappa shape index (κ3) is 3.78. The van der Waals surface area contributed by atoms with Crippen LogP contribution < -0.4 is 14.8 Å². The molecule has 2 heterocycles. The zero-order chi connectivity index (χ0) is 21.1. The molecule has 0 saturated carbocycles. The lowest BCUT2D eigenvalue weighted by atomic mass is 9.89. The molecule has 1 unspecified atom stereocenters. The molecule has 0 aliphatic rings. The van der Waals surface area contributed by atoms with Crippen LogP contribution >= 0.6 is 11.3 Å². The molecule has 4 aromatic rings. The molecule has 0 radical (unpaired) electrons. The molecule has 154 valence electrons. The van der Waals surface area contributed by atoms with Crippen LogP contribution in [0.2, 0.25) is 0 Å². The molecule has 0 spiro atoms. The van der Waals surface area contributed by atoms with Gasteiger partial charge in [0.15, 0.2) is 11.5 Å². The van der Waals surface area contributed by atoms with E-state index < -0.39 is 0 Å². The fourth-order valence-corrected chi connectivity index (χ4v) is 4.58. The predicted octanol–water partition coefficient (Wildman–Crippen LogP) is 5.12. The van der Waals surface area contributed by atoms with E-state index in [1.165, 1.54) is 11.3 Å². The van der Waals surface area contributed by atoms with Crippen molar-refractivity contribution in [3.8, 4) is 11.5 Å². The summed E-state index contributed by atoms with van der Waals surface area (Å²) in [5, 5.41) is 4.23. The highest BCUT2D eigenvalue weighted by atomic mass is 32.1. The summed E-state index contributed by atoms with van der Waals surface area (Å²) >= 11 is 1.49. The fourth-order valence-electron chi connectivity index (χ4n) is 3.79. The van der Waals surface area contributed by atoms with Gasteiger partial charge in [0.05, 0.1) is 19.1 Å². The topological polar surface area (TPSA) is 63.3 Å². The number of amides is 1. The molecular formula is C24H24N2O3S. The molecule has 6 heteroatoms. The molecule has 0 fully saturated rings. The van der Waals surface area contributed by atoms with Crippen molar-refractivity contribution >= 4 is 28.1 Å². The molecular weight excluding hydrogens is 396 g/mol. The van der Waals surface area contributed by atoms with E-state index in [0.717, 1.165) is 26.9 Å². The lowest BCUT2D eigenvalue weighted by molar-refractivity contribution is 0.0956. The second-order valence-electron chi connectivity index (χ2n) is 7.05.